The van der Waals surface area contributed by atoms with E-state index in [1.54, 1.807) is 0 Å². The molecule has 0 saturated heterocycles. The summed E-state index contributed by atoms with van der Waals surface area (Å²) in [7, 11) is 0. The van der Waals surface area contributed by atoms with Crippen LogP contribution in [0.3, 0.4) is 0 Å². The second-order valence-electron chi connectivity index (χ2n) is 5.63. The Morgan fingerprint density at radius 1 is 1.45 bits per heavy atom. The highest BCUT2D eigenvalue weighted by molar-refractivity contribution is 5.79. The van der Waals surface area contributed by atoms with Gasteiger partial charge in [-0.1, -0.05) is 18.2 Å². The average Bonchev–Trinajstić information content (AvgIpc) is 2.92. The minimum absolute atomic E-state index is 0.0400. The van der Waals surface area contributed by atoms with Crippen molar-refractivity contribution in [3.05, 3.63) is 47.3 Å². The Hall–Kier alpha value is -2.30. The highest BCUT2D eigenvalue weighted by Crippen LogP contribution is 2.26. The molecular weight excluding hydrogens is 278 g/mol. The zero-order valence-corrected chi connectivity index (χ0v) is 13.0. The number of aromatic nitrogens is 2. The van der Waals surface area contributed by atoms with Crippen LogP contribution in [0.1, 0.15) is 23.7 Å². The Morgan fingerprint density at radius 3 is 3.05 bits per heavy atom. The molecule has 0 saturated carbocycles. The molecule has 0 radical (unpaired) electrons. The first-order chi connectivity index (χ1) is 10.7. The van der Waals surface area contributed by atoms with Gasteiger partial charge in [-0.25, -0.2) is 0 Å². The highest BCUT2D eigenvalue weighted by Gasteiger charge is 2.25. The highest BCUT2D eigenvalue weighted by atomic mass is 16.5. The van der Waals surface area contributed by atoms with E-state index in [-0.39, 0.29) is 11.8 Å². The number of rotatable bonds is 4. The molecule has 116 valence electrons. The van der Waals surface area contributed by atoms with Crippen molar-refractivity contribution in [2.75, 3.05) is 6.61 Å². The second-order valence-corrected chi connectivity index (χ2v) is 5.63. The van der Waals surface area contributed by atoms with Crippen molar-refractivity contribution in [1.29, 1.82) is 0 Å². The number of nitrogens with zero attached hydrogens (tertiary/aromatic N) is 2. The summed E-state index contributed by atoms with van der Waals surface area (Å²) in [5.74, 6) is 0.807. The fourth-order valence-corrected chi connectivity index (χ4v) is 2.72. The summed E-state index contributed by atoms with van der Waals surface area (Å²) < 4.78 is 7.56. The number of fused-ring (bicyclic) bond motifs is 1. The first-order valence-electron chi connectivity index (χ1n) is 7.68. The van der Waals surface area contributed by atoms with Gasteiger partial charge in [0, 0.05) is 24.8 Å². The lowest BCUT2D eigenvalue weighted by molar-refractivity contribution is -0.126. The van der Waals surface area contributed by atoms with E-state index in [1.807, 2.05) is 49.0 Å². The summed E-state index contributed by atoms with van der Waals surface area (Å²) in [5, 5.41) is 7.40. The first-order valence-corrected chi connectivity index (χ1v) is 7.68. The molecule has 0 bridgehead atoms. The molecule has 1 atom stereocenters. The molecule has 1 aliphatic heterocycles. The first kappa shape index (κ1) is 14.6. The van der Waals surface area contributed by atoms with E-state index in [0.29, 0.717) is 13.2 Å². The monoisotopic (exact) mass is 299 g/mol. The maximum Gasteiger partial charge on any atom is 0.227 e. The molecule has 0 spiro atoms. The molecular formula is C17H21N3O2. The SMILES string of the molecule is CCn1cc(CNC(=O)[C@@H]2COc3ccccc3C2)c(C)n1. The number of hydrogen-bond donors (Lipinski definition) is 1. The van der Waals surface area contributed by atoms with Crippen LogP contribution in [0, 0.1) is 12.8 Å². The van der Waals surface area contributed by atoms with Crippen LogP contribution in [0.4, 0.5) is 0 Å². The minimum atomic E-state index is -0.128. The fourth-order valence-electron chi connectivity index (χ4n) is 2.72. The number of aryl methyl sites for hydroxylation is 2. The molecule has 1 aromatic carbocycles. The molecule has 1 aliphatic rings. The third-order valence-corrected chi connectivity index (χ3v) is 4.07. The largest absolute Gasteiger partial charge is 0.492 e. The van der Waals surface area contributed by atoms with E-state index in [4.69, 9.17) is 4.74 Å². The zero-order chi connectivity index (χ0) is 15.5. The molecule has 5 heteroatoms. The third kappa shape index (κ3) is 2.98. The van der Waals surface area contributed by atoms with Gasteiger partial charge in [-0.15, -0.1) is 0 Å². The summed E-state index contributed by atoms with van der Waals surface area (Å²) in [4.78, 5) is 12.4. The van der Waals surface area contributed by atoms with Gasteiger partial charge in [-0.3, -0.25) is 9.48 Å². The minimum Gasteiger partial charge on any atom is -0.492 e. The van der Waals surface area contributed by atoms with Crippen LogP contribution < -0.4 is 10.1 Å². The second kappa shape index (κ2) is 6.22. The topological polar surface area (TPSA) is 56.2 Å². The van der Waals surface area contributed by atoms with Crippen molar-refractivity contribution >= 4 is 5.91 Å². The molecule has 3 rings (SSSR count). The van der Waals surface area contributed by atoms with Gasteiger partial charge in [0.25, 0.3) is 0 Å². The van der Waals surface area contributed by atoms with Gasteiger partial charge in [-0.05, 0) is 31.9 Å². The molecule has 1 amide bonds. The Kier molecular flexibility index (Phi) is 4.13. The van der Waals surface area contributed by atoms with E-state index in [2.05, 4.69) is 10.4 Å². The number of benzene rings is 1. The van der Waals surface area contributed by atoms with Crippen LogP contribution in [0.25, 0.3) is 0 Å². The molecule has 2 aromatic rings. The number of hydrogen-bond acceptors (Lipinski definition) is 3. The van der Waals surface area contributed by atoms with Crippen molar-refractivity contribution in [2.45, 2.75) is 33.4 Å². The smallest absolute Gasteiger partial charge is 0.227 e. The van der Waals surface area contributed by atoms with Crippen LogP contribution in [0.5, 0.6) is 5.75 Å². The van der Waals surface area contributed by atoms with Crippen LogP contribution in [-0.2, 0) is 24.3 Å². The van der Waals surface area contributed by atoms with Crippen molar-refractivity contribution in [2.24, 2.45) is 5.92 Å². The summed E-state index contributed by atoms with van der Waals surface area (Å²) in [5.41, 5.74) is 3.13. The number of nitrogens with one attached hydrogen (secondary N) is 1. The van der Waals surface area contributed by atoms with Crippen molar-refractivity contribution in [1.82, 2.24) is 15.1 Å². The van der Waals surface area contributed by atoms with E-state index >= 15 is 0 Å². The molecule has 0 unspecified atom stereocenters. The number of ether oxygens (including phenoxy) is 1. The van der Waals surface area contributed by atoms with Crippen molar-refractivity contribution < 1.29 is 9.53 Å². The lowest BCUT2D eigenvalue weighted by Crippen LogP contribution is -2.37. The summed E-state index contributed by atoms with van der Waals surface area (Å²) in [6.45, 7) is 5.81. The van der Waals surface area contributed by atoms with Crippen LogP contribution >= 0.6 is 0 Å². The maximum absolute atomic E-state index is 12.4. The van der Waals surface area contributed by atoms with E-state index in [9.17, 15) is 4.79 Å². The molecule has 1 N–H and O–H groups in total. The predicted molar refractivity (Wildman–Crippen MR) is 83.6 cm³/mol. The Balaban J connectivity index is 1.60. The van der Waals surface area contributed by atoms with Crippen molar-refractivity contribution in [3.63, 3.8) is 0 Å². The van der Waals surface area contributed by atoms with Gasteiger partial charge in [0.1, 0.15) is 12.4 Å². The Bertz CT molecular complexity index is 678. The Morgan fingerprint density at radius 2 is 2.27 bits per heavy atom. The van der Waals surface area contributed by atoms with Gasteiger partial charge >= 0.3 is 0 Å². The maximum atomic E-state index is 12.4. The van der Waals surface area contributed by atoms with Gasteiger partial charge in [0.15, 0.2) is 0 Å². The van der Waals surface area contributed by atoms with Gasteiger partial charge in [-0.2, -0.15) is 5.10 Å². The standard InChI is InChI=1S/C17H21N3O2/c1-3-20-10-15(12(2)19-20)9-18-17(21)14-8-13-6-4-5-7-16(13)22-11-14/h4-7,10,14H,3,8-9,11H2,1-2H3,(H,18,21)/t14-/m0/s1. The third-order valence-electron chi connectivity index (χ3n) is 4.07. The lowest BCUT2D eigenvalue weighted by Gasteiger charge is -2.24. The van der Waals surface area contributed by atoms with Gasteiger partial charge in [0.2, 0.25) is 5.91 Å². The van der Waals surface area contributed by atoms with E-state index in [1.165, 1.54) is 0 Å². The molecule has 1 aromatic heterocycles. The summed E-state index contributed by atoms with van der Waals surface area (Å²) in [6, 6.07) is 7.90. The average molecular weight is 299 g/mol. The molecule has 0 aliphatic carbocycles. The van der Waals surface area contributed by atoms with Crippen LogP contribution in [-0.4, -0.2) is 22.3 Å². The normalized spacial score (nSPS) is 16.7. The van der Waals surface area contributed by atoms with Gasteiger partial charge < -0.3 is 10.1 Å². The number of para-hydroxylation sites is 1. The quantitative estimate of drug-likeness (QED) is 0.940. The van der Waals surface area contributed by atoms with Crippen LogP contribution in [0.15, 0.2) is 30.5 Å². The fraction of sp³-hybridized carbons (Fsp3) is 0.412. The van der Waals surface area contributed by atoms with E-state index in [0.717, 1.165) is 35.5 Å². The van der Waals surface area contributed by atoms with Crippen molar-refractivity contribution in [3.8, 4) is 5.75 Å². The number of carbonyl (C=O) groups is 1. The van der Waals surface area contributed by atoms with Gasteiger partial charge in [0.05, 0.1) is 11.6 Å². The molecule has 0 fully saturated rings. The Labute approximate surface area is 130 Å². The molecule has 22 heavy (non-hydrogen) atoms. The predicted octanol–water partition coefficient (Wildman–Crippen LogP) is 2.08. The van der Waals surface area contributed by atoms with E-state index < -0.39 is 0 Å². The zero-order valence-electron chi connectivity index (χ0n) is 13.0. The number of carbonyl (C=O) groups excluding carboxylic acids is 1. The molecule has 2 heterocycles. The lowest BCUT2D eigenvalue weighted by atomic mass is 9.96. The van der Waals surface area contributed by atoms with Crippen LogP contribution in [0.2, 0.25) is 0 Å². The summed E-state index contributed by atoms with van der Waals surface area (Å²) in [6.07, 6.45) is 2.72. The summed E-state index contributed by atoms with van der Waals surface area (Å²) >= 11 is 0. The molecule has 5 nitrogen and oxygen atoms in total. The number of amides is 1.